The second kappa shape index (κ2) is 6.74. The molecule has 1 aliphatic rings. The van der Waals surface area contributed by atoms with Gasteiger partial charge in [-0.25, -0.2) is 4.79 Å². The maximum atomic E-state index is 11.7. The van der Waals surface area contributed by atoms with Crippen molar-refractivity contribution in [1.29, 1.82) is 0 Å². The summed E-state index contributed by atoms with van der Waals surface area (Å²) in [6.07, 6.45) is 2.12. The molecule has 1 aromatic carbocycles. The van der Waals surface area contributed by atoms with Crippen molar-refractivity contribution in [2.24, 2.45) is 0 Å². The Hall–Kier alpha value is -1.56. The van der Waals surface area contributed by atoms with Crippen molar-refractivity contribution in [3.63, 3.8) is 0 Å². The molecule has 3 amide bonds. The van der Waals surface area contributed by atoms with Gasteiger partial charge in [0.05, 0.1) is 5.69 Å². The van der Waals surface area contributed by atoms with E-state index in [1.165, 1.54) is 6.92 Å². The quantitative estimate of drug-likeness (QED) is 0.864. The Bertz CT molecular complexity index is 503. The highest BCUT2D eigenvalue weighted by atomic mass is 79.9. The van der Waals surface area contributed by atoms with Crippen LogP contribution in [0.1, 0.15) is 19.8 Å². The average molecular weight is 340 g/mol. The molecule has 0 saturated heterocycles. The Balaban J connectivity index is 1.88. The van der Waals surface area contributed by atoms with Crippen LogP contribution in [0.4, 0.5) is 10.5 Å². The van der Waals surface area contributed by atoms with Gasteiger partial charge < -0.3 is 15.5 Å². The summed E-state index contributed by atoms with van der Waals surface area (Å²) in [6.45, 7) is 2.37. The molecule has 6 heteroatoms. The summed E-state index contributed by atoms with van der Waals surface area (Å²) in [5.74, 6) is -0.0544. The van der Waals surface area contributed by atoms with Crippen LogP contribution in [0.3, 0.4) is 0 Å². The molecule has 5 nitrogen and oxygen atoms in total. The van der Waals surface area contributed by atoms with Gasteiger partial charge >= 0.3 is 6.03 Å². The van der Waals surface area contributed by atoms with E-state index in [-0.39, 0.29) is 11.9 Å². The lowest BCUT2D eigenvalue weighted by Crippen LogP contribution is -2.42. The molecule has 0 heterocycles. The minimum absolute atomic E-state index is 0.0544. The summed E-state index contributed by atoms with van der Waals surface area (Å²) in [4.78, 5) is 24.9. The number of nitrogens with zero attached hydrogens (tertiary/aromatic N) is 1. The topological polar surface area (TPSA) is 61.4 Å². The molecule has 1 fully saturated rings. The Morgan fingerprint density at radius 3 is 2.65 bits per heavy atom. The summed E-state index contributed by atoms with van der Waals surface area (Å²) in [5, 5.41) is 5.61. The Kier molecular flexibility index (Phi) is 5.00. The Labute approximate surface area is 126 Å². The average Bonchev–Trinajstić information content (AvgIpc) is 3.19. The van der Waals surface area contributed by atoms with E-state index in [0.29, 0.717) is 19.1 Å². The van der Waals surface area contributed by atoms with E-state index in [1.807, 2.05) is 24.3 Å². The highest BCUT2D eigenvalue weighted by Gasteiger charge is 2.23. The second-order valence-corrected chi connectivity index (χ2v) is 5.65. The molecule has 20 heavy (non-hydrogen) atoms. The number of hydrogen-bond acceptors (Lipinski definition) is 2. The minimum atomic E-state index is -0.164. The van der Waals surface area contributed by atoms with Crippen LogP contribution in [0, 0.1) is 0 Å². The van der Waals surface area contributed by atoms with Crippen LogP contribution >= 0.6 is 15.9 Å². The second-order valence-electron chi connectivity index (χ2n) is 4.80. The molecule has 0 atom stereocenters. The lowest BCUT2D eigenvalue weighted by molar-refractivity contribution is -0.116. The fraction of sp³-hybridized carbons (Fsp3) is 0.429. The highest BCUT2D eigenvalue weighted by Crippen LogP contribution is 2.25. The summed E-state index contributed by atoms with van der Waals surface area (Å²) in [5.41, 5.74) is 0.810. The molecule has 0 bridgehead atoms. The minimum Gasteiger partial charge on any atom is -0.336 e. The summed E-state index contributed by atoms with van der Waals surface area (Å²) < 4.78 is 0.859. The van der Waals surface area contributed by atoms with Gasteiger partial charge in [0.2, 0.25) is 5.91 Å². The number of benzene rings is 1. The molecule has 1 aliphatic carbocycles. The number of para-hydroxylation sites is 1. The summed E-state index contributed by atoms with van der Waals surface area (Å²) >= 11 is 3.43. The van der Waals surface area contributed by atoms with E-state index < -0.39 is 0 Å². The number of urea groups is 1. The largest absolute Gasteiger partial charge is 0.336 e. The maximum Gasteiger partial charge on any atom is 0.315 e. The van der Waals surface area contributed by atoms with Crippen LogP contribution in [0.15, 0.2) is 28.7 Å². The number of anilines is 1. The van der Waals surface area contributed by atoms with E-state index >= 15 is 0 Å². The van der Waals surface area contributed by atoms with Crippen molar-refractivity contribution < 1.29 is 9.59 Å². The van der Waals surface area contributed by atoms with Crippen LogP contribution in [0.5, 0.6) is 0 Å². The molecule has 0 spiro atoms. The van der Waals surface area contributed by atoms with Crippen molar-refractivity contribution >= 4 is 33.6 Å². The zero-order valence-corrected chi connectivity index (χ0v) is 12.9. The number of halogens is 1. The summed E-state index contributed by atoms with van der Waals surface area (Å²) in [6, 6.07) is 7.70. The van der Waals surface area contributed by atoms with Crippen LogP contribution in [0.2, 0.25) is 0 Å². The van der Waals surface area contributed by atoms with E-state index in [4.69, 9.17) is 0 Å². The third-order valence-corrected chi connectivity index (χ3v) is 3.73. The third kappa shape index (κ3) is 4.23. The van der Waals surface area contributed by atoms with Gasteiger partial charge in [0.15, 0.2) is 0 Å². The van der Waals surface area contributed by atoms with Crippen LogP contribution < -0.4 is 15.5 Å². The zero-order valence-electron chi connectivity index (χ0n) is 11.4. The SMILES string of the molecule is CC(=O)N(CCNC(=O)NC1CC1)c1ccccc1Br. The van der Waals surface area contributed by atoms with Crippen molar-refractivity contribution in [1.82, 2.24) is 10.6 Å². The van der Waals surface area contributed by atoms with Crippen molar-refractivity contribution in [3.8, 4) is 0 Å². The molecule has 2 rings (SSSR count). The van der Waals surface area contributed by atoms with Gasteiger partial charge in [-0.2, -0.15) is 0 Å². The van der Waals surface area contributed by atoms with Gasteiger partial charge in [0, 0.05) is 30.5 Å². The maximum absolute atomic E-state index is 11.7. The Morgan fingerprint density at radius 2 is 2.05 bits per heavy atom. The van der Waals surface area contributed by atoms with E-state index in [2.05, 4.69) is 26.6 Å². The van der Waals surface area contributed by atoms with Gasteiger partial charge in [0.1, 0.15) is 0 Å². The van der Waals surface area contributed by atoms with Gasteiger partial charge in [-0.3, -0.25) is 4.79 Å². The monoisotopic (exact) mass is 339 g/mol. The first-order valence-corrected chi connectivity index (χ1v) is 7.44. The molecule has 1 aromatic rings. The fourth-order valence-electron chi connectivity index (χ4n) is 1.86. The molecule has 0 radical (unpaired) electrons. The van der Waals surface area contributed by atoms with Crippen LogP contribution in [-0.4, -0.2) is 31.1 Å². The van der Waals surface area contributed by atoms with E-state index in [1.54, 1.807) is 4.90 Å². The Morgan fingerprint density at radius 1 is 1.35 bits per heavy atom. The number of rotatable bonds is 5. The third-order valence-electron chi connectivity index (χ3n) is 3.06. The van der Waals surface area contributed by atoms with Crippen LogP contribution in [0.25, 0.3) is 0 Å². The van der Waals surface area contributed by atoms with Crippen LogP contribution in [-0.2, 0) is 4.79 Å². The van der Waals surface area contributed by atoms with Crippen molar-refractivity contribution in [2.75, 3.05) is 18.0 Å². The standard InChI is InChI=1S/C14H18BrN3O2/c1-10(19)18(13-5-3-2-4-12(13)15)9-8-16-14(20)17-11-6-7-11/h2-5,11H,6-9H2,1H3,(H2,16,17,20). The van der Waals surface area contributed by atoms with E-state index in [9.17, 15) is 9.59 Å². The smallest absolute Gasteiger partial charge is 0.315 e. The molecule has 1 saturated carbocycles. The first kappa shape index (κ1) is 14.8. The van der Waals surface area contributed by atoms with Gasteiger partial charge in [-0.05, 0) is 40.9 Å². The van der Waals surface area contributed by atoms with Gasteiger partial charge in [0.25, 0.3) is 0 Å². The van der Waals surface area contributed by atoms with Gasteiger partial charge in [-0.15, -0.1) is 0 Å². The highest BCUT2D eigenvalue weighted by molar-refractivity contribution is 9.10. The normalized spacial score (nSPS) is 13.7. The molecule has 0 unspecified atom stereocenters. The zero-order chi connectivity index (χ0) is 14.5. The number of carbonyl (C=O) groups excluding carboxylic acids is 2. The number of nitrogens with one attached hydrogen (secondary N) is 2. The van der Waals surface area contributed by atoms with Gasteiger partial charge in [-0.1, -0.05) is 12.1 Å². The lowest BCUT2D eigenvalue weighted by Gasteiger charge is -2.22. The molecule has 0 aromatic heterocycles. The molecular formula is C14H18BrN3O2. The first-order chi connectivity index (χ1) is 9.58. The number of hydrogen-bond donors (Lipinski definition) is 2. The van der Waals surface area contributed by atoms with E-state index in [0.717, 1.165) is 23.0 Å². The molecule has 2 N–H and O–H groups in total. The van der Waals surface area contributed by atoms with Crippen molar-refractivity contribution in [3.05, 3.63) is 28.7 Å². The number of carbonyl (C=O) groups is 2. The molecule has 0 aliphatic heterocycles. The fourth-order valence-corrected chi connectivity index (χ4v) is 2.36. The predicted octanol–water partition coefficient (Wildman–Crippen LogP) is 2.26. The van der Waals surface area contributed by atoms with Crippen molar-refractivity contribution in [2.45, 2.75) is 25.8 Å². The molecule has 108 valence electrons. The molecular weight excluding hydrogens is 322 g/mol. The predicted molar refractivity (Wildman–Crippen MR) is 81.7 cm³/mol. The summed E-state index contributed by atoms with van der Waals surface area (Å²) in [7, 11) is 0. The number of amides is 3. The first-order valence-electron chi connectivity index (χ1n) is 6.65. The lowest BCUT2D eigenvalue weighted by atomic mass is 10.3.